The van der Waals surface area contributed by atoms with Crippen molar-refractivity contribution in [3.05, 3.63) is 130 Å². The van der Waals surface area contributed by atoms with E-state index >= 15 is 0 Å². The Labute approximate surface area is 185 Å². The number of carbonyl (C=O) groups excluding carboxylic acids is 1. The number of hydrogen-bond donors (Lipinski definition) is 0. The number of thiophene rings is 1. The molecule has 0 unspecified atom stereocenters. The molecule has 0 N–H and O–H groups in total. The lowest BCUT2D eigenvalue weighted by molar-refractivity contribution is 0.106. The predicted molar refractivity (Wildman–Crippen MR) is 128 cm³/mol. The van der Waals surface area contributed by atoms with Crippen LogP contribution in [-0.4, -0.2) is 11.5 Å². The largest absolute Gasteiger partial charge is 0.278 e. The van der Waals surface area contributed by atoms with Gasteiger partial charge in [0.2, 0.25) is 5.78 Å². The van der Waals surface area contributed by atoms with Crippen LogP contribution in [0.1, 0.15) is 26.4 Å². The molecule has 0 amide bonds. The number of carbonyl (C=O) groups is 1. The van der Waals surface area contributed by atoms with Gasteiger partial charge >= 0.3 is 0 Å². The zero-order valence-electron chi connectivity index (χ0n) is 16.3. The van der Waals surface area contributed by atoms with E-state index in [-0.39, 0.29) is 5.78 Å². The molecule has 0 atom stereocenters. The molecular formula is C27H20OS2. The lowest BCUT2D eigenvalue weighted by atomic mass is 9.84. The van der Waals surface area contributed by atoms with Crippen molar-refractivity contribution in [1.82, 2.24) is 0 Å². The van der Waals surface area contributed by atoms with Gasteiger partial charge in [-0.1, -0.05) is 103 Å². The summed E-state index contributed by atoms with van der Waals surface area (Å²) < 4.78 is -0.412. The summed E-state index contributed by atoms with van der Waals surface area (Å²) in [7, 11) is 0. The summed E-state index contributed by atoms with van der Waals surface area (Å²) >= 11 is 3.17. The number of ketones is 1. The van der Waals surface area contributed by atoms with Crippen LogP contribution in [0.4, 0.5) is 0 Å². The van der Waals surface area contributed by atoms with Gasteiger partial charge in [0.15, 0.2) is 0 Å². The van der Waals surface area contributed by atoms with Crippen molar-refractivity contribution in [1.29, 1.82) is 0 Å². The van der Waals surface area contributed by atoms with Crippen LogP contribution in [0.5, 0.6) is 0 Å². The van der Waals surface area contributed by atoms with Gasteiger partial charge in [-0.2, -0.15) is 0 Å². The maximum atomic E-state index is 12.3. The van der Waals surface area contributed by atoms with Crippen LogP contribution in [0.3, 0.4) is 0 Å². The molecule has 1 aromatic heterocycles. The quantitative estimate of drug-likeness (QED) is 0.149. The molecule has 0 saturated heterocycles. The van der Waals surface area contributed by atoms with Crippen LogP contribution in [0.2, 0.25) is 0 Å². The SMILES string of the molecule is O=C(C#CCSC(c1ccccc1)(c1ccccc1)c1ccccc1)c1cccs1. The molecule has 4 aromatic rings. The van der Waals surface area contributed by atoms with Crippen molar-refractivity contribution in [3.8, 4) is 11.8 Å². The normalized spacial score (nSPS) is 10.8. The number of thioether (sulfide) groups is 1. The van der Waals surface area contributed by atoms with Crippen molar-refractivity contribution in [2.45, 2.75) is 4.75 Å². The minimum Gasteiger partial charge on any atom is -0.278 e. The first-order chi connectivity index (χ1) is 14.8. The first-order valence-corrected chi connectivity index (χ1v) is 11.5. The molecule has 30 heavy (non-hydrogen) atoms. The minimum atomic E-state index is -0.412. The summed E-state index contributed by atoms with van der Waals surface area (Å²) in [6, 6.07) is 35.2. The Balaban J connectivity index is 1.75. The van der Waals surface area contributed by atoms with Gasteiger partial charge in [0, 0.05) is 0 Å². The summed E-state index contributed by atoms with van der Waals surface area (Å²) in [5.74, 6) is 6.34. The van der Waals surface area contributed by atoms with E-state index in [9.17, 15) is 4.79 Å². The molecule has 1 nitrogen and oxygen atoms in total. The van der Waals surface area contributed by atoms with E-state index < -0.39 is 4.75 Å². The highest BCUT2D eigenvalue weighted by molar-refractivity contribution is 8.00. The Morgan fingerprint density at radius 2 is 1.23 bits per heavy atom. The fourth-order valence-electron chi connectivity index (χ4n) is 3.50. The minimum absolute atomic E-state index is 0.115. The maximum Gasteiger partial charge on any atom is 0.245 e. The molecule has 4 rings (SSSR count). The standard InChI is InChI=1S/C27H20OS2/c28-25(26-19-11-20-29-26)18-10-21-30-27(22-12-4-1-5-13-22,23-14-6-2-7-15-23)24-16-8-3-9-17-24/h1-9,11-17,19-20H,21H2. The molecule has 3 heteroatoms. The third kappa shape index (κ3) is 4.26. The van der Waals surface area contributed by atoms with Gasteiger partial charge in [0.25, 0.3) is 0 Å². The van der Waals surface area contributed by atoms with E-state index in [4.69, 9.17) is 0 Å². The summed E-state index contributed by atoms with van der Waals surface area (Å²) in [6.07, 6.45) is 0. The fourth-order valence-corrected chi connectivity index (χ4v) is 5.39. The highest BCUT2D eigenvalue weighted by Gasteiger charge is 2.36. The van der Waals surface area contributed by atoms with E-state index in [1.54, 1.807) is 11.8 Å². The Kier molecular flexibility index (Phi) is 6.49. The molecule has 1 heterocycles. The highest BCUT2D eigenvalue weighted by atomic mass is 32.2. The molecule has 0 aliphatic rings. The molecule has 0 aliphatic heterocycles. The lowest BCUT2D eigenvalue weighted by Gasteiger charge is -2.35. The van der Waals surface area contributed by atoms with Crippen molar-refractivity contribution in [2.24, 2.45) is 0 Å². The summed E-state index contributed by atoms with van der Waals surface area (Å²) in [5.41, 5.74) is 3.58. The van der Waals surface area contributed by atoms with Gasteiger partial charge < -0.3 is 0 Å². The average molecular weight is 425 g/mol. The summed E-state index contributed by atoms with van der Waals surface area (Å²) in [6.45, 7) is 0. The third-order valence-electron chi connectivity index (χ3n) is 4.85. The first-order valence-electron chi connectivity index (χ1n) is 9.68. The van der Waals surface area contributed by atoms with Gasteiger partial charge in [-0.3, -0.25) is 4.79 Å². The molecule has 146 valence electrons. The molecular weight excluding hydrogens is 404 g/mol. The van der Waals surface area contributed by atoms with E-state index in [0.29, 0.717) is 10.6 Å². The Morgan fingerprint density at radius 1 is 0.733 bits per heavy atom. The monoisotopic (exact) mass is 424 g/mol. The van der Waals surface area contributed by atoms with Crippen molar-refractivity contribution in [3.63, 3.8) is 0 Å². The molecule has 0 bridgehead atoms. The second-order valence-electron chi connectivity index (χ2n) is 6.68. The van der Waals surface area contributed by atoms with Gasteiger partial charge in [-0.15, -0.1) is 23.1 Å². The van der Waals surface area contributed by atoms with E-state index in [1.807, 2.05) is 35.7 Å². The van der Waals surface area contributed by atoms with Crippen molar-refractivity contribution in [2.75, 3.05) is 5.75 Å². The van der Waals surface area contributed by atoms with E-state index in [1.165, 1.54) is 28.0 Å². The molecule has 0 radical (unpaired) electrons. The molecule has 0 aliphatic carbocycles. The van der Waals surface area contributed by atoms with Crippen LogP contribution in [0.15, 0.2) is 109 Å². The Hall–Kier alpha value is -3.06. The smallest absolute Gasteiger partial charge is 0.245 e. The van der Waals surface area contributed by atoms with E-state index in [2.05, 4.69) is 84.6 Å². The van der Waals surface area contributed by atoms with Crippen LogP contribution < -0.4 is 0 Å². The molecule has 3 aromatic carbocycles. The van der Waals surface area contributed by atoms with Gasteiger partial charge in [-0.25, -0.2) is 0 Å². The topological polar surface area (TPSA) is 17.1 Å². The first kappa shape index (κ1) is 20.2. The fraction of sp³-hybridized carbons (Fsp3) is 0.0741. The number of hydrogen-bond acceptors (Lipinski definition) is 3. The third-order valence-corrected chi connectivity index (χ3v) is 7.15. The summed E-state index contributed by atoms with van der Waals surface area (Å²) in [4.78, 5) is 13.0. The maximum absolute atomic E-state index is 12.3. The number of rotatable bonds is 6. The van der Waals surface area contributed by atoms with Crippen LogP contribution >= 0.6 is 23.1 Å². The van der Waals surface area contributed by atoms with Gasteiger partial charge in [0.1, 0.15) is 0 Å². The van der Waals surface area contributed by atoms with Crippen molar-refractivity contribution < 1.29 is 4.79 Å². The Bertz CT molecular complexity index is 1040. The summed E-state index contributed by atoms with van der Waals surface area (Å²) in [5, 5.41) is 1.90. The zero-order chi connectivity index (χ0) is 20.7. The van der Waals surface area contributed by atoms with Gasteiger partial charge in [-0.05, 0) is 34.1 Å². The van der Waals surface area contributed by atoms with E-state index in [0.717, 1.165) is 0 Å². The second kappa shape index (κ2) is 9.63. The molecule has 0 fully saturated rings. The second-order valence-corrected chi connectivity index (χ2v) is 8.81. The van der Waals surface area contributed by atoms with Crippen LogP contribution in [-0.2, 0) is 4.75 Å². The zero-order valence-corrected chi connectivity index (χ0v) is 18.0. The van der Waals surface area contributed by atoms with Crippen LogP contribution in [0, 0.1) is 11.8 Å². The lowest BCUT2D eigenvalue weighted by Crippen LogP contribution is -2.26. The van der Waals surface area contributed by atoms with Gasteiger partial charge in [0.05, 0.1) is 15.4 Å². The highest BCUT2D eigenvalue weighted by Crippen LogP contribution is 2.48. The van der Waals surface area contributed by atoms with Crippen LogP contribution in [0.25, 0.3) is 0 Å². The average Bonchev–Trinajstić information content (AvgIpc) is 3.36. The Morgan fingerprint density at radius 3 is 1.67 bits per heavy atom. The van der Waals surface area contributed by atoms with Crippen molar-refractivity contribution >= 4 is 28.9 Å². The predicted octanol–water partition coefficient (Wildman–Crippen LogP) is 6.66. The molecule has 0 spiro atoms. The molecule has 0 saturated carbocycles. The number of benzene rings is 3. The number of Topliss-reactive ketones (excluding diaryl/α,β-unsaturated/α-hetero) is 1.